The van der Waals surface area contributed by atoms with Crippen LogP contribution in [0, 0.1) is 40.8 Å². The molecule has 0 saturated carbocycles. The number of alkyl halides is 2. The van der Waals surface area contributed by atoms with Crippen molar-refractivity contribution in [2.75, 3.05) is 0 Å². The fourth-order valence-corrected chi connectivity index (χ4v) is 5.20. The third kappa shape index (κ3) is 5.33. The average molecular weight is 575 g/mol. The molecule has 0 aromatic heterocycles. The number of ether oxygens (including phenoxy) is 1. The Balaban J connectivity index is 1.47. The Morgan fingerprint density at radius 3 is 1.85 bits per heavy atom. The largest absolute Gasteiger partial charge is 0.432 e. The Kier molecular flexibility index (Phi) is 7.40. The molecule has 1 nitrogen and oxygen atoms in total. The van der Waals surface area contributed by atoms with E-state index < -0.39 is 69.0 Å². The zero-order chi connectivity index (χ0) is 29.6. The number of fused-ring (bicyclic) bond motifs is 1. The van der Waals surface area contributed by atoms with Crippen LogP contribution in [0.1, 0.15) is 35.6 Å². The van der Waals surface area contributed by atoms with Gasteiger partial charge >= 0.3 is 6.11 Å². The van der Waals surface area contributed by atoms with Gasteiger partial charge in [0, 0.05) is 17.7 Å². The summed E-state index contributed by atoms with van der Waals surface area (Å²) in [6.45, 7) is 5.28. The number of halogens is 8. The van der Waals surface area contributed by atoms with Crippen LogP contribution < -0.4 is 4.74 Å². The zero-order valence-electron chi connectivity index (χ0n) is 21.6. The number of hydrogen-bond acceptors (Lipinski definition) is 1. The molecule has 0 amide bonds. The topological polar surface area (TPSA) is 9.23 Å². The molecule has 4 aromatic rings. The molecule has 212 valence electrons. The van der Waals surface area contributed by atoms with Crippen LogP contribution in [0.4, 0.5) is 35.1 Å². The lowest BCUT2D eigenvalue weighted by Crippen LogP contribution is -2.25. The highest BCUT2D eigenvalue weighted by atomic mass is 19.3. The Labute approximate surface area is 230 Å². The van der Waals surface area contributed by atoms with E-state index in [-0.39, 0.29) is 5.56 Å². The molecule has 0 bridgehead atoms. The standard InChI is InChI=1S/C32H22F8O/c1-3-16-7-17-5-6-18(9-19(17)8-16)20-10-26(35)30(27(36)11-20)21-12-28(37)31(29(38)13-21)32(39,40)41-22-14-24(33)23(4-2)25(34)15-22/h4-6,9-16H,2-3,7-8H2,1H3. The van der Waals surface area contributed by atoms with E-state index in [0.29, 0.717) is 35.7 Å². The highest BCUT2D eigenvalue weighted by Gasteiger charge is 2.42. The molecule has 1 unspecified atom stereocenters. The summed E-state index contributed by atoms with van der Waals surface area (Å²) in [5.41, 5.74) is -0.992. The quantitative estimate of drug-likeness (QED) is 0.200. The van der Waals surface area contributed by atoms with Crippen LogP contribution in [0.2, 0.25) is 0 Å². The van der Waals surface area contributed by atoms with Gasteiger partial charge in [-0.2, -0.15) is 8.78 Å². The summed E-state index contributed by atoms with van der Waals surface area (Å²) in [4.78, 5) is 0. The second-order valence-electron chi connectivity index (χ2n) is 9.92. The molecule has 1 aliphatic rings. The summed E-state index contributed by atoms with van der Waals surface area (Å²) < 4.78 is 122. The van der Waals surface area contributed by atoms with E-state index in [0.717, 1.165) is 43.0 Å². The molecular weight excluding hydrogens is 552 g/mol. The molecule has 0 radical (unpaired) electrons. The maximum absolute atomic E-state index is 15.2. The van der Waals surface area contributed by atoms with Gasteiger partial charge < -0.3 is 4.74 Å². The summed E-state index contributed by atoms with van der Waals surface area (Å²) in [6, 6.07) is 8.97. The van der Waals surface area contributed by atoms with E-state index in [4.69, 9.17) is 0 Å². The molecule has 0 heterocycles. The van der Waals surface area contributed by atoms with Gasteiger partial charge in [-0.1, -0.05) is 44.2 Å². The van der Waals surface area contributed by atoms with Gasteiger partial charge in [-0.3, -0.25) is 0 Å². The van der Waals surface area contributed by atoms with E-state index in [1.807, 2.05) is 12.1 Å². The van der Waals surface area contributed by atoms with Crippen molar-refractivity contribution in [3.63, 3.8) is 0 Å². The Morgan fingerprint density at radius 2 is 1.29 bits per heavy atom. The predicted molar refractivity (Wildman–Crippen MR) is 139 cm³/mol. The van der Waals surface area contributed by atoms with Crippen LogP contribution in [-0.2, 0) is 19.0 Å². The van der Waals surface area contributed by atoms with Crippen molar-refractivity contribution in [2.24, 2.45) is 5.92 Å². The first-order valence-electron chi connectivity index (χ1n) is 12.7. The van der Waals surface area contributed by atoms with Gasteiger partial charge in [0.15, 0.2) is 0 Å². The highest BCUT2D eigenvalue weighted by Crippen LogP contribution is 2.40. The molecule has 9 heteroatoms. The molecule has 5 rings (SSSR count). The van der Waals surface area contributed by atoms with Crippen LogP contribution in [0.5, 0.6) is 5.75 Å². The predicted octanol–water partition coefficient (Wildman–Crippen LogP) is 9.75. The molecule has 4 aromatic carbocycles. The number of benzene rings is 4. The minimum Gasteiger partial charge on any atom is -0.429 e. The molecule has 1 atom stereocenters. The molecule has 1 aliphatic carbocycles. The van der Waals surface area contributed by atoms with Crippen molar-refractivity contribution in [1.82, 2.24) is 0 Å². The Hall–Kier alpha value is -4.14. The van der Waals surface area contributed by atoms with Gasteiger partial charge in [-0.05, 0) is 70.8 Å². The smallest absolute Gasteiger partial charge is 0.429 e. The second kappa shape index (κ2) is 10.7. The lowest BCUT2D eigenvalue weighted by molar-refractivity contribution is -0.189. The highest BCUT2D eigenvalue weighted by molar-refractivity contribution is 5.73. The average Bonchev–Trinajstić information content (AvgIpc) is 3.30. The van der Waals surface area contributed by atoms with Crippen molar-refractivity contribution in [3.05, 3.63) is 118 Å². The minimum absolute atomic E-state index is 0.200. The maximum Gasteiger partial charge on any atom is 0.432 e. The van der Waals surface area contributed by atoms with Crippen molar-refractivity contribution in [2.45, 2.75) is 32.3 Å². The fraction of sp³-hybridized carbons (Fsp3) is 0.188. The second-order valence-corrected chi connectivity index (χ2v) is 9.92. The van der Waals surface area contributed by atoms with Crippen molar-refractivity contribution in [1.29, 1.82) is 0 Å². The minimum atomic E-state index is -4.74. The summed E-state index contributed by atoms with van der Waals surface area (Å²) in [5, 5.41) is 0. The summed E-state index contributed by atoms with van der Waals surface area (Å²) in [7, 11) is 0. The number of rotatable bonds is 7. The number of hydrogen-bond donors (Lipinski definition) is 0. The summed E-state index contributed by atoms with van der Waals surface area (Å²) in [5.74, 6) is -9.22. The third-order valence-electron chi connectivity index (χ3n) is 7.30. The summed E-state index contributed by atoms with van der Waals surface area (Å²) in [6.07, 6.45) is -1.15. The maximum atomic E-state index is 15.2. The summed E-state index contributed by atoms with van der Waals surface area (Å²) >= 11 is 0. The van der Waals surface area contributed by atoms with Crippen LogP contribution in [0.15, 0.2) is 61.2 Å². The molecular formula is C32H22F8O. The Bertz CT molecular complexity index is 1610. The monoisotopic (exact) mass is 574 g/mol. The SMILES string of the molecule is C=Cc1c(F)cc(OC(F)(F)c2c(F)cc(-c3c(F)cc(-c4ccc5c(c4)CC(CC)C5)cc3F)cc2F)cc1F. The first-order valence-corrected chi connectivity index (χ1v) is 12.7. The molecule has 0 spiro atoms. The van der Waals surface area contributed by atoms with Gasteiger partial charge in [-0.25, -0.2) is 26.3 Å². The van der Waals surface area contributed by atoms with Gasteiger partial charge in [-0.15, -0.1) is 0 Å². The van der Waals surface area contributed by atoms with Crippen molar-refractivity contribution < 1.29 is 39.9 Å². The van der Waals surface area contributed by atoms with E-state index in [2.05, 4.69) is 18.2 Å². The van der Waals surface area contributed by atoms with Crippen molar-refractivity contribution in [3.8, 4) is 28.0 Å². The lowest BCUT2D eigenvalue weighted by Gasteiger charge is -2.20. The molecule has 0 aliphatic heterocycles. The van der Waals surface area contributed by atoms with Gasteiger partial charge in [0.05, 0.1) is 5.56 Å². The lowest BCUT2D eigenvalue weighted by atomic mass is 9.96. The van der Waals surface area contributed by atoms with Crippen LogP contribution >= 0.6 is 0 Å². The van der Waals surface area contributed by atoms with Gasteiger partial charge in [0.2, 0.25) is 0 Å². The van der Waals surface area contributed by atoms with Crippen LogP contribution in [0.25, 0.3) is 28.3 Å². The van der Waals surface area contributed by atoms with Crippen molar-refractivity contribution >= 4 is 6.08 Å². The van der Waals surface area contributed by atoms with Crippen LogP contribution in [0.3, 0.4) is 0 Å². The third-order valence-corrected chi connectivity index (χ3v) is 7.30. The normalized spacial score (nSPS) is 14.7. The molecule has 0 N–H and O–H groups in total. The van der Waals surface area contributed by atoms with E-state index in [9.17, 15) is 26.3 Å². The van der Waals surface area contributed by atoms with E-state index in [1.54, 1.807) is 6.07 Å². The molecule has 0 saturated heterocycles. The molecule has 0 fully saturated rings. The van der Waals surface area contributed by atoms with E-state index in [1.165, 1.54) is 5.56 Å². The van der Waals surface area contributed by atoms with Gasteiger partial charge in [0.1, 0.15) is 46.2 Å². The zero-order valence-corrected chi connectivity index (χ0v) is 21.6. The Morgan fingerprint density at radius 1 is 0.732 bits per heavy atom. The fourth-order valence-electron chi connectivity index (χ4n) is 5.20. The molecule has 41 heavy (non-hydrogen) atoms. The van der Waals surface area contributed by atoms with Crippen LogP contribution in [-0.4, -0.2) is 0 Å². The van der Waals surface area contributed by atoms with E-state index >= 15 is 8.78 Å². The first-order chi connectivity index (χ1) is 19.4. The first kappa shape index (κ1) is 28.4. The van der Waals surface area contributed by atoms with Gasteiger partial charge in [0.25, 0.3) is 0 Å².